The first-order valence-electron chi connectivity index (χ1n) is 3.52. The largest absolute Gasteiger partial charge is 0.397 e. The number of nitrogens with two attached hydrogens (primary N) is 2. The van der Waals surface area contributed by atoms with Gasteiger partial charge in [-0.25, -0.2) is 0 Å². The maximum absolute atomic E-state index is 5.97. The third-order valence-electron chi connectivity index (χ3n) is 1.71. The van der Waals surface area contributed by atoms with E-state index in [-0.39, 0.29) is 0 Å². The first kappa shape index (κ1) is 10.1. The van der Waals surface area contributed by atoms with Gasteiger partial charge in [0, 0.05) is 11.0 Å². The molecule has 1 aromatic carbocycles. The van der Waals surface area contributed by atoms with Gasteiger partial charge in [-0.15, -0.1) is 0 Å². The highest BCUT2D eigenvalue weighted by Crippen LogP contribution is 2.28. The lowest BCUT2D eigenvalue weighted by Crippen LogP contribution is -2.01. The van der Waals surface area contributed by atoms with E-state index in [9.17, 15) is 0 Å². The fourth-order valence-corrected chi connectivity index (χ4v) is 1.88. The van der Waals surface area contributed by atoms with E-state index < -0.39 is 0 Å². The zero-order chi connectivity index (χ0) is 9.14. The third-order valence-corrected chi connectivity index (χ3v) is 2.98. The summed E-state index contributed by atoms with van der Waals surface area (Å²) in [5.41, 5.74) is 13.9. The van der Waals surface area contributed by atoms with E-state index >= 15 is 0 Å². The topological polar surface area (TPSA) is 52.0 Å². The van der Waals surface area contributed by atoms with Gasteiger partial charge in [-0.05, 0) is 11.1 Å². The van der Waals surface area contributed by atoms with Crippen LogP contribution in [-0.4, -0.2) is 0 Å². The summed E-state index contributed by atoms with van der Waals surface area (Å²) in [6, 6.07) is 3.89. The molecule has 1 aromatic rings. The molecule has 0 radical (unpaired) electrons. The molecule has 66 valence electrons. The molecule has 0 fully saturated rings. The molecule has 0 saturated carbocycles. The second-order valence-electron chi connectivity index (χ2n) is 2.45. The molecule has 0 spiro atoms. The van der Waals surface area contributed by atoms with E-state index in [4.69, 9.17) is 23.1 Å². The molecule has 0 aliphatic heterocycles. The SMILES string of the molecule is NCc1ccc(CI)c(N)c1Cl. The second kappa shape index (κ2) is 4.30. The van der Waals surface area contributed by atoms with Gasteiger partial charge in [-0.3, -0.25) is 0 Å². The Kier molecular flexibility index (Phi) is 3.61. The zero-order valence-corrected chi connectivity index (χ0v) is 9.39. The Morgan fingerprint density at radius 1 is 1.33 bits per heavy atom. The summed E-state index contributed by atoms with van der Waals surface area (Å²) in [7, 11) is 0. The average molecular weight is 297 g/mol. The van der Waals surface area contributed by atoms with Gasteiger partial charge in [-0.2, -0.15) is 0 Å². The summed E-state index contributed by atoms with van der Waals surface area (Å²) in [5, 5.41) is 0.603. The number of nitrogen functional groups attached to an aromatic ring is 1. The standard InChI is InChI=1S/C8H10ClIN2/c9-7-6(4-11)2-1-5(3-10)8(7)12/h1-2H,3-4,11-12H2. The summed E-state index contributed by atoms with van der Waals surface area (Å²) in [6.45, 7) is 0.435. The molecule has 0 amide bonds. The number of hydrogen-bond donors (Lipinski definition) is 2. The van der Waals surface area contributed by atoms with Crippen molar-refractivity contribution in [3.05, 3.63) is 28.3 Å². The molecule has 1 rings (SSSR count). The highest BCUT2D eigenvalue weighted by molar-refractivity contribution is 14.1. The van der Waals surface area contributed by atoms with Gasteiger partial charge in [0.1, 0.15) is 0 Å². The van der Waals surface area contributed by atoms with Crippen molar-refractivity contribution in [2.45, 2.75) is 11.0 Å². The van der Waals surface area contributed by atoms with Crippen LogP contribution in [0, 0.1) is 0 Å². The maximum Gasteiger partial charge on any atom is 0.0683 e. The summed E-state index contributed by atoms with van der Waals surface area (Å²) in [5.74, 6) is 0. The van der Waals surface area contributed by atoms with Crippen molar-refractivity contribution < 1.29 is 0 Å². The molecule has 2 nitrogen and oxygen atoms in total. The second-order valence-corrected chi connectivity index (χ2v) is 3.59. The van der Waals surface area contributed by atoms with Crippen LogP contribution in [-0.2, 0) is 11.0 Å². The molecular weight excluding hydrogens is 286 g/mol. The number of anilines is 1. The Balaban J connectivity index is 3.20. The van der Waals surface area contributed by atoms with E-state index in [0.717, 1.165) is 15.6 Å². The predicted octanol–water partition coefficient (Wildman–Crippen LogP) is 2.32. The Hall–Kier alpha value is -0.000000000000000111. The van der Waals surface area contributed by atoms with Crippen LogP contribution in [0.15, 0.2) is 12.1 Å². The van der Waals surface area contributed by atoms with E-state index in [1.807, 2.05) is 12.1 Å². The van der Waals surface area contributed by atoms with Gasteiger partial charge in [-0.1, -0.05) is 46.3 Å². The van der Waals surface area contributed by atoms with Crippen LogP contribution in [0.3, 0.4) is 0 Å². The van der Waals surface area contributed by atoms with E-state index in [0.29, 0.717) is 17.3 Å². The van der Waals surface area contributed by atoms with E-state index in [1.54, 1.807) is 0 Å². The molecule has 0 aliphatic rings. The minimum absolute atomic E-state index is 0.435. The maximum atomic E-state index is 5.97. The monoisotopic (exact) mass is 296 g/mol. The molecule has 12 heavy (non-hydrogen) atoms. The first-order chi connectivity index (χ1) is 5.70. The molecule has 0 aromatic heterocycles. The van der Waals surface area contributed by atoms with Crippen molar-refractivity contribution in [2.24, 2.45) is 5.73 Å². The fourth-order valence-electron chi connectivity index (χ4n) is 0.952. The number of halogens is 2. The van der Waals surface area contributed by atoms with Crippen molar-refractivity contribution in [3.63, 3.8) is 0 Å². The van der Waals surface area contributed by atoms with Crippen LogP contribution in [0.4, 0.5) is 5.69 Å². The van der Waals surface area contributed by atoms with Gasteiger partial charge in [0.2, 0.25) is 0 Å². The van der Waals surface area contributed by atoms with Crippen molar-refractivity contribution in [1.82, 2.24) is 0 Å². The highest BCUT2D eigenvalue weighted by Gasteiger charge is 2.06. The molecule has 0 heterocycles. The van der Waals surface area contributed by atoms with Crippen molar-refractivity contribution in [3.8, 4) is 0 Å². The van der Waals surface area contributed by atoms with Gasteiger partial charge in [0.15, 0.2) is 0 Å². The van der Waals surface area contributed by atoms with Gasteiger partial charge >= 0.3 is 0 Å². The Labute approximate surface area is 90.4 Å². The van der Waals surface area contributed by atoms with Crippen LogP contribution in [0.25, 0.3) is 0 Å². The molecule has 0 atom stereocenters. The van der Waals surface area contributed by atoms with E-state index in [1.165, 1.54) is 0 Å². The minimum Gasteiger partial charge on any atom is -0.397 e. The summed E-state index contributed by atoms with van der Waals surface area (Å²) in [6.07, 6.45) is 0. The lowest BCUT2D eigenvalue weighted by Gasteiger charge is -2.07. The smallest absolute Gasteiger partial charge is 0.0683 e. The quantitative estimate of drug-likeness (QED) is 0.500. The fraction of sp³-hybridized carbons (Fsp3) is 0.250. The lowest BCUT2D eigenvalue weighted by atomic mass is 10.1. The molecule has 0 aliphatic carbocycles. The molecule has 0 unspecified atom stereocenters. The Bertz CT molecular complexity index is 260. The molecular formula is C8H10ClIN2. The van der Waals surface area contributed by atoms with Crippen LogP contribution in [0.2, 0.25) is 5.02 Å². The van der Waals surface area contributed by atoms with Gasteiger partial charge in [0.05, 0.1) is 10.7 Å². The van der Waals surface area contributed by atoms with Crippen LogP contribution >= 0.6 is 34.2 Å². The first-order valence-corrected chi connectivity index (χ1v) is 5.42. The Morgan fingerprint density at radius 3 is 2.42 bits per heavy atom. The molecule has 4 heteroatoms. The van der Waals surface area contributed by atoms with Crippen molar-refractivity contribution in [2.75, 3.05) is 5.73 Å². The summed E-state index contributed by atoms with van der Waals surface area (Å²) < 4.78 is 0.869. The average Bonchev–Trinajstić information content (AvgIpc) is 2.10. The Morgan fingerprint density at radius 2 is 1.92 bits per heavy atom. The number of benzene rings is 1. The number of hydrogen-bond acceptors (Lipinski definition) is 2. The molecule has 4 N–H and O–H groups in total. The van der Waals surface area contributed by atoms with Gasteiger partial charge < -0.3 is 11.5 Å². The van der Waals surface area contributed by atoms with E-state index in [2.05, 4.69) is 22.6 Å². The molecule has 0 saturated heterocycles. The third kappa shape index (κ3) is 1.84. The number of rotatable bonds is 2. The van der Waals surface area contributed by atoms with Crippen LogP contribution in [0.1, 0.15) is 11.1 Å². The lowest BCUT2D eigenvalue weighted by molar-refractivity contribution is 1.07. The van der Waals surface area contributed by atoms with Crippen molar-refractivity contribution in [1.29, 1.82) is 0 Å². The number of alkyl halides is 1. The van der Waals surface area contributed by atoms with Gasteiger partial charge in [0.25, 0.3) is 0 Å². The normalized spacial score (nSPS) is 10.2. The van der Waals surface area contributed by atoms with Crippen LogP contribution < -0.4 is 11.5 Å². The van der Waals surface area contributed by atoms with Crippen molar-refractivity contribution >= 4 is 39.9 Å². The molecule has 0 bridgehead atoms. The summed E-state index contributed by atoms with van der Waals surface area (Å²) in [4.78, 5) is 0. The minimum atomic E-state index is 0.435. The van der Waals surface area contributed by atoms with Crippen LogP contribution in [0.5, 0.6) is 0 Å². The predicted molar refractivity (Wildman–Crippen MR) is 61.5 cm³/mol. The highest BCUT2D eigenvalue weighted by atomic mass is 127. The summed E-state index contributed by atoms with van der Waals surface area (Å²) >= 11 is 8.22. The zero-order valence-electron chi connectivity index (χ0n) is 6.48.